The summed E-state index contributed by atoms with van der Waals surface area (Å²) < 4.78 is 26.4. The molecule has 1 heterocycles. The molecule has 1 atom stereocenters. The van der Waals surface area contributed by atoms with Crippen LogP contribution in [0.4, 0.5) is 0 Å². The summed E-state index contributed by atoms with van der Waals surface area (Å²) in [7, 11) is 1.94. The van der Waals surface area contributed by atoms with Crippen LogP contribution < -0.4 is 0 Å². The molecular formula is C8H19N3O2S. The molecule has 0 radical (unpaired) electrons. The van der Waals surface area contributed by atoms with E-state index in [2.05, 4.69) is 4.90 Å². The molecule has 0 amide bonds. The smallest absolute Gasteiger partial charge is 0.281 e. The summed E-state index contributed by atoms with van der Waals surface area (Å²) in [6.45, 7) is 4.00. The van der Waals surface area contributed by atoms with Gasteiger partial charge in [0.05, 0.1) is 0 Å². The van der Waals surface area contributed by atoms with Gasteiger partial charge in [0.15, 0.2) is 0 Å². The summed E-state index contributed by atoms with van der Waals surface area (Å²) in [5, 5.41) is 0. The lowest BCUT2D eigenvalue weighted by molar-refractivity contribution is 0.155. The van der Waals surface area contributed by atoms with Crippen LogP contribution in [0.3, 0.4) is 0 Å². The summed E-state index contributed by atoms with van der Waals surface area (Å²) in [6.07, 6.45) is 0. The van der Waals surface area contributed by atoms with Crippen molar-refractivity contribution in [3.8, 4) is 0 Å². The van der Waals surface area contributed by atoms with Crippen LogP contribution in [-0.2, 0) is 10.2 Å². The van der Waals surface area contributed by atoms with Gasteiger partial charge in [0, 0.05) is 39.8 Å². The molecule has 84 valence electrons. The summed E-state index contributed by atoms with van der Waals surface area (Å²) in [5.41, 5.74) is 0. The van der Waals surface area contributed by atoms with Crippen LogP contribution in [0.25, 0.3) is 0 Å². The van der Waals surface area contributed by atoms with Gasteiger partial charge < -0.3 is 4.90 Å². The molecule has 0 aliphatic carbocycles. The van der Waals surface area contributed by atoms with Crippen molar-refractivity contribution < 1.29 is 8.42 Å². The molecule has 6 heteroatoms. The first kappa shape index (κ1) is 11.9. The zero-order valence-corrected chi connectivity index (χ0v) is 10.1. The van der Waals surface area contributed by atoms with E-state index in [1.54, 1.807) is 14.1 Å². The normalized spacial score (nSPS) is 27.1. The van der Waals surface area contributed by atoms with Crippen LogP contribution in [0, 0.1) is 0 Å². The van der Waals surface area contributed by atoms with Gasteiger partial charge in [-0.2, -0.15) is 17.0 Å². The van der Waals surface area contributed by atoms with E-state index in [1.807, 2.05) is 14.0 Å². The highest BCUT2D eigenvalue weighted by Gasteiger charge is 2.30. The molecule has 5 nitrogen and oxygen atoms in total. The van der Waals surface area contributed by atoms with Gasteiger partial charge >= 0.3 is 0 Å². The monoisotopic (exact) mass is 221 g/mol. The highest BCUT2D eigenvalue weighted by atomic mass is 32.2. The maximum Gasteiger partial charge on any atom is 0.281 e. The second-order valence-electron chi connectivity index (χ2n) is 3.98. The maximum atomic E-state index is 11.8. The largest absolute Gasteiger partial charge is 0.301 e. The second-order valence-corrected chi connectivity index (χ2v) is 6.12. The molecule has 0 aromatic carbocycles. The number of rotatable bonds is 2. The van der Waals surface area contributed by atoms with E-state index in [1.165, 1.54) is 8.61 Å². The summed E-state index contributed by atoms with van der Waals surface area (Å²) in [5.74, 6) is 0. The van der Waals surface area contributed by atoms with Gasteiger partial charge in [-0.05, 0) is 14.0 Å². The standard InChI is InChI=1S/C8H19N3O2S/c1-8-7-11(6-5-10(8)4)14(12,13)9(2)3/h8H,5-7H2,1-4H3. The Hall–Kier alpha value is -0.170. The van der Waals surface area contributed by atoms with Crippen molar-refractivity contribution in [2.24, 2.45) is 0 Å². The van der Waals surface area contributed by atoms with E-state index < -0.39 is 10.2 Å². The van der Waals surface area contributed by atoms with E-state index in [4.69, 9.17) is 0 Å². The summed E-state index contributed by atoms with van der Waals surface area (Å²) in [4.78, 5) is 2.17. The quantitative estimate of drug-likeness (QED) is 0.627. The molecule has 1 aliphatic rings. The number of nitrogens with zero attached hydrogens (tertiary/aromatic N) is 3. The predicted molar refractivity (Wildman–Crippen MR) is 56.3 cm³/mol. The Morgan fingerprint density at radius 3 is 2.29 bits per heavy atom. The summed E-state index contributed by atoms with van der Waals surface area (Å²) in [6, 6.07) is 0.290. The molecule has 1 rings (SSSR count). The zero-order chi connectivity index (χ0) is 10.9. The molecule has 1 fully saturated rings. The van der Waals surface area contributed by atoms with Crippen molar-refractivity contribution in [2.75, 3.05) is 40.8 Å². The number of likely N-dealkylation sites (N-methyl/N-ethyl adjacent to an activating group) is 1. The van der Waals surface area contributed by atoms with Crippen molar-refractivity contribution in [3.05, 3.63) is 0 Å². The zero-order valence-electron chi connectivity index (χ0n) is 9.27. The first-order valence-corrected chi connectivity index (χ1v) is 6.13. The highest BCUT2D eigenvalue weighted by Crippen LogP contribution is 2.12. The molecule has 0 N–H and O–H groups in total. The fourth-order valence-electron chi connectivity index (χ4n) is 1.46. The topological polar surface area (TPSA) is 43.9 Å². The van der Waals surface area contributed by atoms with Gasteiger partial charge in [0.2, 0.25) is 0 Å². The maximum absolute atomic E-state index is 11.8. The molecule has 1 unspecified atom stereocenters. The lowest BCUT2D eigenvalue weighted by Gasteiger charge is -2.37. The Morgan fingerprint density at radius 1 is 1.29 bits per heavy atom. The summed E-state index contributed by atoms with van der Waals surface area (Å²) >= 11 is 0. The first-order valence-electron chi connectivity index (χ1n) is 4.73. The van der Waals surface area contributed by atoms with E-state index in [9.17, 15) is 8.42 Å². The van der Waals surface area contributed by atoms with Crippen molar-refractivity contribution in [1.82, 2.24) is 13.5 Å². The van der Waals surface area contributed by atoms with Crippen LogP contribution in [0.1, 0.15) is 6.92 Å². The van der Waals surface area contributed by atoms with Crippen LogP contribution in [0.15, 0.2) is 0 Å². The minimum absolute atomic E-state index is 0.290. The van der Waals surface area contributed by atoms with Gasteiger partial charge in [-0.1, -0.05) is 0 Å². The first-order chi connectivity index (χ1) is 6.35. The Balaban J connectivity index is 2.73. The van der Waals surface area contributed by atoms with Crippen molar-refractivity contribution in [1.29, 1.82) is 0 Å². The Morgan fingerprint density at radius 2 is 1.86 bits per heavy atom. The predicted octanol–water partition coefficient (Wildman–Crippen LogP) is -0.571. The number of hydrogen-bond donors (Lipinski definition) is 0. The fourth-order valence-corrected chi connectivity index (χ4v) is 2.63. The molecular weight excluding hydrogens is 202 g/mol. The van der Waals surface area contributed by atoms with Crippen molar-refractivity contribution in [2.45, 2.75) is 13.0 Å². The molecule has 0 aromatic heterocycles. The van der Waals surface area contributed by atoms with Crippen molar-refractivity contribution in [3.63, 3.8) is 0 Å². The van der Waals surface area contributed by atoms with Crippen LogP contribution in [-0.4, -0.2) is 68.7 Å². The van der Waals surface area contributed by atoms with Gasteiger partial charge in [0.1, 0.15) is 0 Å². The van der Waals surface area contributed by atoms with Gasteiger partial charge in [0.25, 0.3) is 10.2 Å². The minimum atomic E-state index is -3.22. The second kappa shape index (κ2) is 4.14. The Bertz CT molecular complexity index is 289. The number of piperazine rings is 1. The highest BCUT2D eigenvalue weighted by molar-refractivity contribution is 7.86. The van der Waals surface area contributed by atoms with E-state index in [0.717, 1.165) is 6.54 Å². The average Bonchev–Trinajstić information content (AvgIpc) is 2.09. The van der Waals surface area contributed by atoms with E-state index in [-0.39, 0.29) is 0 Å². The van der Waals surface area contributed by atoms with Crippen LogP contribution >= 0.6 is 0 Å². The fraction of sp³-hybridized carbons (Fsp3) is 1.00. The lowest BCUT2D eigenvalue weighted by Crippen LogP contribution is -2.54. The SMILES string of the molecule is CC1CN(S(=O)(=O)N(C)C)CCN1C. The average molecular weight is 221 g/mol. The van der Waals surface area contributed by atoms with Crippen molar-refractivity contribution >= 4 is 10.2 Å². The van der Waals surface area contributed by atoms with Gasteiger partial charge in [-0.15, -0.1) is 0 Å². The molecule has 1 aliphatic heterocycles. The molecule has 14 heavy (non-hydrogen) atoms. The minimum Gasteiger partial charge on any atom is -0.301 e. The molecule has 0 spiro atoms. The molecule has 0 bridgehead atoms. The van der Waals surface area contributed by atoms with Crippen LogP contribution in [0.5, 0.6) is 0 Å². The third-order valence-corrected chi connectivity index (χ3v) is 4.62. The lowest BCUT2D eigenvalue weighted by atomic mass is 10.2. The number of hydrogen-bond acceptors (Lipinski definition) is 3. The van der Waals surface area contributed by atoms with Gasteiger partial charge in [-0.3, -0.25) is 0 Å². The Kier molecular flexibility index (Phi) is 3.52. The molecule has 0 saturated carbocycles. The van der Waals surface area contributed by atoms with E-state index in [0.29, 0.717) is 19.1 Å². The molecule has 1 saturated heterocycles. The molecule has 0 aromatic rings. The Labute approximate surface area is 86.5 Å². The van der Waals surface area contributed by atoms with E-state index >= 15 is 0 Å². The third-order valence-electron chi connectivity index (χ3n) is 2.71. The van der Waals surface area contributed by atoms with Crippen LogP contribution in [0.2, 0.25) is 0 Å². The third kappa shape index (κ3) is 2.25. The van der Waals surface area contributed by atoms with Gasteiger partial charge in [-0.25, -0.2) is 0 Å².